The number of methoxy groups -OCH3 is 1. The first-order valence-corrected chi connectivity index (χ1v) is 15.4. The number of halogens is 3. The molecule has 0 atom stereocenters. The number of hydrogen-bond donors (Lipinski definition) is 2. The van der Waals surface area contributed by atoms with Crippen LogP contribution in [-0.2, 0) is 41.6 Å². The highest BCUT2D eigenvalue weighted by Crippen LogP contribution is 2.33. The van der Waals surface area contributed by atoms with Crippen molar-refractivity contribution in [1.82, 2.24) is 20.1 Å². The highest BCUT2D eigenvalue weighted by Gasteiger charge is 2.34. The average molecular weight is 636 g/mol. The van der Waals surface area contributed by atoms with Crippen molar-refractivity contribution in [3.63, 3.8) is 0 Å². The minimum atomic E-state index is -4.57. The molecule has 0 spiro atoms. The number of carbonyl (C=O) groups excluding carboxylic acids is 2. The van der Waals surface area contributed by atoms with Crippen molar-refractivity contribution in [2.45, 2.75) is 39.0 Å². The van der Waals surface area contributed by atoms with Gasteiger partial charge in [-0.05, 0) is 60.0 Å². The second-order valence-corrected chi connectivity index (χ2v) is 12.0. The predicted octanol–water partition coefficient (Wildman–Crippen LogP) is 4.90. The number of pyridine rings is 1. The second kappa shape index (κ2) is 14.6. The number of likely N-dealkylation sites (N-methyl/N-ethyl adjacent to an activating group) is 1. The van der Waals surface area contributed by atoms with Gasteiger partial charge in [-0.3, -0.25) is 14.7 Å². The molecule has 8 nitrogen and oxygen atoms in total. The molecule has 0 amide bonds. The number of carbonyl (C=O) groups is 2. The molecule has 2 heterocycles. The Kier molecular flexibility index (Phi) is 10.6. The Morgan fingerprint density at radius 1 is 1.00 bits per heavy atom. The molecule has 5 rings (SSSR count). The van der Waals surface area contributed by atoms with Gasteiger partial charge in [0, 0.05) is 76.3 Å². The van der Waals surface area contributed by atoms with Crippen molar-refractivity contribution < 1.29 is 27.5 Å². The number of anilines is 1. The molecule has 46 heavy (non-hydrogen) atoms. The molecular formula is C35H40F3N5O3. The van der Waals surface area contributed by atoms with Crippen LogP contribution in [0.2, 0.25) is 0 Å². The van der Waals surface area contributed by atoms with Crippen LogP contribution in [0.25, 0.3) is 6.08 Å². The normalized spacial score (nSPS) is 15.4. The molecule has 0 bridgehead atoms. The molecule has 0 radical (unpaired) electrons. The molecule has 1 aromatic heterocycles. The van der Waals surface area contributed by atoms with E-state index >= 15 is 0 Å². The number of aryl methyl sites for hydroxylation is 1. The summed E-state index contributed by atoms with van der Waals surface area (Å²) < 4.78 is 46.9. The van der Waals surface area contributed by atoms with Gasteiger partial charge in [0.1, 0.15) is 0 Å². The van der Waals surface area contributed by atoms with Crippen LogP contribution in [0.4, 0.5) is 18.9 Å². The van der Waals surface area contributed by atoms with Gasteiger partial charge in [0.2, 0.25) is 0 Å². The summed E-state index contributed by atoms with van der Waals surface area (Å²) in [7, 11) is 3.43. The average Bonchev–Trinajstić information content (AvgIpc) is 3.47. The molecule has 1 aliphatic carbocycles. The topological polar surface area (TPSA) is 86.8 Å². The lowest BCUT2D eigenvalue weighted by molar-refractivity contribution is -0.138. The van der Waals surface area contributed by atoms with E-state index in [2.05, 4.69) is 32.5 Å². The van der Waals surface area contributed by atoms with Crippen molar-refractivity contribution in [2.75, 3.05) is 58.7 Å². The first kappa shape index (κ1) is 33.3. The maximum absolute atomic E-state index is 14.0. The van der Waals surface area contributed by atoms with Crippen LogP contribution < -0.4 is 10.6 Å². The number of alkyl halides is 3. The summed E-state index contributed by atoms with van der Waals surface area (Å²) in [6.07, 6.45) is -0.676. The van der Waals surface area contributed by atoms with E-state index in [1.54, 1.807) is 12.3 Å². The van der Waals surface area contributed by atoms with Crippen LogP contribution in [0.1, 0.15) is 49.4 Å². The number of ketones is 1. The molecule has 1 saturated heterocycles. The molecule has 244 valence electrons. The van der Waals surface area contributed by atoms with E-state index in [9.17, 15) is 22.8 Å². The molecule has 2 aliphatic rings. The van der Waals surface area contributed by atoms with Gasteiger partial charge in [-0.25, -0.2) is 4.79 Å². The number of aromatic nitrogens is 1. The summed E-state index contributed by atoms with van der Waals surface area (Å²) in [5.74, 6) is -0.747. The Balaban J connectivity index is 1.20. The third-order valence-electron chi connectivity index (χ3n) is 8.65. The van der Waals surface area contributed by atoms with Crippen molar-refractivity contribution in [3.8, 4) is 0 Å². The van der Waals surface area contributed by atoms with Crippen LogP contribution in [0.3, 0.4) is 0 Å². The number of fused-ring (bicyclic) bond motifs is 1. The van der Waals surface area contributed by atoms with Gasteiger partial charge in [0.25, 0.3) is 0 Å². The first-order valence-electron chi connectivity index (χ1n) is 15.4. The molecule has 2 N–H and O–H groups in total. The largest absolute Gasteiger partial charge is 0.466 e. The van der Waals surface area contributed by atoms with Gasteiger partial charge in [-0.1, -0.05) is 30.3 Å². The van der Waals surface area contributed by atoms with Crippen molar-refractivity contribution in [3.05, 3.63) is 98.9 Å². The fourth-order valence-electron chi connectivity index (χ4n) is 5.77. The number of benzene rings is 2. The third kappa shape index (κ3) is 8.39. The van der Waals surface area contributed by atoms with Crippen LogP contribution in [-0.4, -0.2) is 80.0 Å². The van der Waals surface area contributed by atoms with E-state index in [1.807, 2.05) is 31.2 Å². The van der Waals surface area contributed by atoms with E-state index in [4.69, 9.17) is 4.74 Å². The highest BCUT2D eigenvalue weighted by molar-refractivity contribution is 5.98. The Hall–Kier alpha value is -4.06. The molecular weight excluding hydrogens is 595 g/mol. The van der Waals surface area contributed by atoms with Crippen molar-refractivity contribution >= 4 is 23.5 Å². The number of nitrogens with zero attached hydrogens (tertiary/aromatic N) is 3. The standard InChI is InChI=1S/C35H40F3N5O3/c1-23-4-5-24(14-29(23)21-40-30-17-27-16-28(34(45)46-3)19-32(27)41-22-30)15-33(44)25-6-7-26(31(18-25)35(36,37)38)20-39-8-9-43-12-10-42(2)11-13-43/h4-7,14,16-18,22,39-40H,8-13,15,19-21H2,1-3H3. The number of Topliss-reactive ketones (excluding diaryl/α,β-unsaturated/α-hetero) is 1. The second-order valence-electron chi connectivity index (χ2n) is 12.0. The van der Waals surface area contributed by atoms with Gasteiger partial charge in [0.15, 0.2) is 5.78 Å². The van der Waals surface area contributed by atoms with Crippen LogP contribution in [0.5, 0.6) is 0 Å². The Labute approximate surface area is 267 Å². The van der Waals surface area contributed by atoms with Crippen LogP contribution >= 0.6 is 0 Å². The number of nitrogens with one attached hydrogen (secondary N) is 2. The SMILES string of the molecule is COC(=O)C1=Cc2cc(NCc3cc(CC(=O)c4ccc(CNCCN5CCN(C)CC5)c(C(F)(F)F)c4)ccc3C)cnc2C1. The molecule has 3 aromatic rings. The smallest absolute Gasteiger partial charge is 0.416 e. The van der Waals surface area contributed by atoms with E-state index in [0.717, 1.165) is 66.9 Å². The summed E-state index contributed by atoms with van der Waals surface area (Å²) in [6, 6.07) is 11.5. The summed E-state index contributed by atoms with van der Waals surface area (Å²) in [6.45, 7) is 7.73. The van der Waals surface area contributed by atoms with Gasteiger partial charge in [0.05, 0.1) is 30.3 Å². The number of ether oxygens (including phenoxy) is 1. The Bertz CT molecular complexity index is 1610. The van der Waals surface area contributed by atoms with E-state index < -0.39 is 11.7 Å². The fourth-order valence-corrected chi connectivity index (χ4v) is 5.77. The zero-order valence-corrected chi connectivity index (χ0v) is 26.5. The van der Waals surface area contributed by atoms with E-state index in [0.29, 0.717) is 30.6 Å². The molecule has 0 unspecified atom stereocenters. The lowest BCUT2D eigenvalue weighted by Gasteiger charge is -2.32. The van der Waals surface area contributed by atoms with Gasteiger partial charge >= 0.3 is 12.1 Å². The third-order valence-corrected chi connectivity index (χ3v) is 8.65. The molecule has 11 heteroatoms. The van der Waals surface area contributed by atoms with Crippen molar-refractivity contribution in [1.29, 1.82) is 0 Å². The summed E-state index contributed by atoms with van der Waals surface area (Å²) in [5, 5.41) is 6.49. The molecule has 2 aromatic carbocycles. The Morgan fingerprint density at radius 2 is 1.78 bits per heavy atom. The van der Waals surface area contributed by atoms with E-state index in [-0.39, 0.29) is 35.8 Å². The molecule has 1 fully saturated rings. The number of hydrogen-bond acceptors (Lipinski definition) is 8. The fraction of sp³-hybridized carbons (Fsp3) is 0.400. The lowest BCUT2D eigenvalue weighted by Crippen LogP contribution is -2.46. The quantitative estimate of drug-likeness (QED) is 0.165. The predicted molar refractivity (Wildman–Crippen MR) is 172 cm³/mol. The van der Waals surface area contributed by atoms with Crippen molar-refractivity contribution in [2.24, 2.45) is 0 Å². The molecule has 0 saturated carbocycles. The van der Waals surface area contributed by atoms with E-state index in [1.165, 1.54) is 19.2 Å². The summed E-state index contributed by atoms with van der Waals surface area (Å²) in [4.78, 5) is 34.1. The lowest BCUT2D eigenvalue weighted by atomic mass is 9.96. The van der Waals surface area contributed by atoms with Gasteiger partial charge in [-0.15, -0.1) is 0 Å². The summed E-state index contributed by atoms with van der Waals surface area (Å²) >= 11 is 0. The minimum absolute atomic E-state index is 0.0191. The monoisotopic (exact) mass is 635 g/mol. The maximum Gasteiger partial charge on any atom is 0.416 e. The van der Waals surface area contributed by atoms with Crippen LogP contribution in [0.15, 0.2) is 54.2 Å². The number of piperazine rings is 1. The maximum atomic E-state index is 14.0. The number of esters is 1. The Morgan fingerprint density at radius 3 is 2.52 bits per heavy atom. The zero-order valence-electron chi connectivity index (χ0n) is 26.5. The molecule has 1 aliphatic heterocycles. The van der Waals surface area contributed by atoms with Gasteiger partial charge < -0.3 is 20.3 Å². The first-order chi connectivity index (χ1) is 22.0. The summed E-state index contributed by atoms with van der Waals surface area (Å²) in [5.41, 5.74) is 5.05. The minimum Gasteiger partial charge on any atom is -0.466 e. The zero-order chi connectivity index (χ0) is 32.8. The number of rotatable bonds is 12. The van der Waals surface area contributed by atoms with Gasteiger partial charge in [-0.2, -0.15) is 13.2 Å². The van der Waals surface area contributed by atoms with Crippen LogP contribution in [0, 0.1) is 6.92 Å². The highest BCUT2D eigenvalue weighted by atomic mass is 19.4.